The van der Waals surface area contributed by atoms with E-state index in [4.69, 9.17) is 0 Å². The first kappa shape index (κ1) is 15.2. The van der Waals surface area contributed by atoms with Crippen molar-refractivity contribution in [2.24, 2.45) is 0 Å². The molecular weight excluding hydrogens is 262 g/mol. The van der Waals surface area contributed by atoms with Gasteiger partial charge in [0, 0.05) is 12.4 Å². The molecule has 0 fully saturated rings. The zero-order valence-electron chi connectivity index (χ0n) is 12.9. The molecule has 1 aromatic heterocycles. The van der Waals surface area contributed by atoms with E-state index < -0.39 is 0 Å². The van der Waals surface area contributed by atoms with E-state index in [2.05, 4.69) is 60.3 Å². The largest absolute Gasteiger partial charge is 0.344 e. The Kier molecular flexibility index (Phi) is 4.36. The molecule has 4 heteroatoms. The molecule has 0 aliphatic heterocycles. The summed E-state index contributed by atoms with van der Waals surface area (Å²) in [6, 6.07) is 8.26. The standard InChI is InChI=1S/C17H21N3O/c1-12(20-16(21)15-11-18-9-10-19-15)13-5-7-14(8-6-13)17(2,3)4/h5-12H,1-4H3,(H,20,21). The fourth-order valence-corrected chi connectivity index (χ4v) is 2.04. The molecule has 0 spiro atoms. The lowest BCUT2D eigenvalue weighted by atomic mass is 9.86. The van der Waals surface area contributed by atoms with E-state index in [0.29, 0.717) is 5.69 Å². The minimum absolute atomic E-state index is 0.0754. The number of benzene rings is 1. The third kappa shape index (κ3) is 3.88. The number of carbonyl (C=O) groups excluding carboxylic acids is 1. The van der Waals surface area contributed by atoms with Crippen LogP contribution in [-0.2, 0) is 5.41 Å². The van der Waals surface area contributed by atoms with Gasteiger partial charge in [-0.25, -0.2) is 4.98 Å². The lowest BCUT2D eigenvalue weighted by Crippen LogP contribution is -2.27. The highest BCUT2D eigenvalue weighted by molar-refractivity contribution is 5.92. The summed E-state index contributed by atoms with van der Waals surface area (Å²) in [5.41, 5.74) is 2.81. The zero-order valence-corrected chi connectivity index (χ0v) is 12.9. The van der Waals surface area contributed by atoms with Crippen molar-refractivity contribution in [2.45, 2.75) is 39.2 Å². The number of aromatic nitrogens is 2. The Morgan fingerprint density at radius 1 is 1.14 bits per heavy atom. The number of amides is 1. The third-order valence-corrected chi connectivity index (χ3v) is 3.42. The van der Waals surface area contributed by atoms with Gasteiger partial charge >= 0.3 is 0 Å². The Morgan fingerprint density at radius 2 is 1.81 bits per heavy atom. The summed E-state index contributed by atoms with van der Waals surface area (Å²) >= 11 is 0. The molecule has 21 heavy (non-hydrogen) atoms. The highest BCUT2D eigenvalue weighted by atomic mass is 16.1. The maximum absolute atomic E-state index is 12.0. The molecule has 1 aromatic carbocycles. The maximum Gasteiger partial charge on any atom is 0.271 e. The first-order valence-electron chi connectivity index (χ1n) is 7.05. The van der Waals surface area contributed by atoms with E-state index in [9.17, 15) is 4.79 Å². The smallest absolute Gasteiger partial charge is 0.271 e. The van der Waals surface area contributed by atoms with Crippen LogP contribution in [-0.4, -0.2) is 15.9 Å². The normalized spacial score (nSPS) is 12.8. The summed E-state index contributed by atoms with van der Waals surface area (Å²) in [6.45, 7) is 8.50. The minimum Gasteiger partial charge on any atom is -0.344 e. The highest BCUT2D eigenvalue weighted by Crippen LogP contribution is 2.23. The van der Waals surface area contributed by atoms with Gasteiger partial charge in [-0.15, -0.1) is 0 Å². The van der Waals surface area contributed by atoms with Crippen molar-refractivity contribution in [3.05, 3.63) is 59.7 Å². The highest BCUT2D eigenvalue weighted by Gasteiger charge is 2.15. The quantitative estimate of drug-likeness (QED) is 0.940. The Morgan fingerprint density at radius 3 is 2.33 bits per heavy atom. The molecule has 2 rings (SSSR count). The first-order chi connectivity index (χ1) is 9.88. The van der Waals surface area contributed by atoms with Crippen LogP contribution in [0.1, 0.15) is 55.4 Å². The molecular formula is C17H21N3O. The average Bonchev–Trinajstić information content (AvgIpc) is 2.47. The molecule has 1 N–H and O–H groups in total. The van der Waals surface area contributed by atoms with Crippen molar-refractivity contribution >= 4 is 5.91 Å². The molecule has 0 saturated heterocycles. The second kappa shape index (κ2) is 6.04. The predicted octanol–water partition coefficient (Wildman–Crippen LogP) is 3.27. The van der Waals surface area contributed by atoms with Crippen LogP contribution in [0.5, 0.6) is 0 Å². The van der Waals surface area contributed by atoms with Crippen LogP contribution < -0.4 is 5.32 Å². The first-order valence-corrected chi connectivity index (χ1v) is 7.05. The summed E-state index contributed by atoms with van der Waals surface area (Å²) in [4.78, 5) is 19.9. The maximum atomic E-state index is 12.0. The van der Waals surface area contributed by atoms with E-state index in [1.807, 2.05) is 6.92 Å². The van der Waals surface area contributed by atoms with Crippen molar-refractivity contribution in [2.75, 3.05) is 0 Å². The van der Waals surface area contributed by atoms with Crippen LogP contribution in [0.25, 0.3) is 0 Å². The van der Waals surface area contributed by atoms with Crippen LogP contribution in [0.4, 0.5) is 0 Å². The number of hydrogen-bond donors (Lipinski definition) is 1. The van der Waals surface area contributed by atoms with Gasteiger partial charge in [0.1, 0.15) is 5.69 Å². The molecule has 2 aromatic rings. The number of rotatable bonds is 3. The molecule has 0 aliphatic rings. The van der Waals surface area contributed by atoms with Crippen molar-refractivity contribution in [3.63, 3.8) is 0 Å². The predicted molar refractivity (Wildman–Crippen MR) is 83.1 cm³/mol. The van der Waals surface area contributed by atoms with Crippen LogP contribution in [0, 0.1) is 0 Å². The van der Waals surface area contributed by atoms with Crippen LogP contribution >= 0.6 is 0 Å². The van der Waals surface area contributed by atoms with Crippen LogP contribution in [0.2, 0.25) is 0 Å². The van der Waals surface area contributed by atoms with Gasteiger partial charge in [0.05, 0.1) is 12.2 Å². The van der Waals surface area contributed by atoms with Crippen molar-refractivity contribution < 1.29 is 4.79 Å². The van der Waals surface area contributed by atoms with Gasteiger partial charge in [0.2, 0.25) is 0 Å². The van der Waals surface area contributed by atoms with Gasteiger partial charge in [-0.2, -0.15) is 0 Å². The van der Waals surface area contributed by atoms with Gasteiger partial charge in [-0.1, -0.05) is 45.0 Å². The lowest BCUT2D eigenvalue weighted by Gasteiger charge is -2.20. The minimum atomic E-state index is -0.213. The molecule has 1 unspecified atom stereocenters. The topological polar surface area (TPSA) is 54.9 Å². The van der Waals surface area contributed by atoms with Gasteiger partial charge in [0.15, 0.2) is 0 Å². The Balaban J connectivity index is 2.07. The van der Waals surface area contributed by atoms with Gasteiger partial charge in [-0.3, -0.25) is 9.78 Å². The van der Waals surface area contributed by atoms with Crippen molar-refractivity contribution in [3.8, 4) is 0 Å². The zero-order chi connectivity index (χ0) is 15.5. The molecule has 1 amide bonds. The summed E-state index contributed by atoms with van der Waals surface area (Å²) in [5, 5.41) is 2.93. The number of nitrogens with one attached hydrogen (secondary N) is 1. The van der Waals surface area contributed by atoms with Gasteiger partial charge in [0.25, 0.3) is 5.91 Å². The van der Waals surface area contributed by atoms with E-state index in [0.717, 1.165) is 5.56 Å². The molecule has 0 radical (unpaired) electrons. The molecule has 4 nitrogen and oxygen atoms in total. The molecule has 110 valence electrons. The molecule has 0 bridgehead atoms. The SMILES string of the molecule is CC(NC(=O)c1cnccn1)c1ccc(C(C)(C)C)cc1. The Hall–Kier alpha value is -2.23. The third-order valence-electron chi connectivity index (χ3n) is 3.42. The molecule has 0 saturated carbocycles. The number of nitrogens with zero attached hydrogens (tertiary/aromatic N) is 2. The second-order valence-corrected chi connectivity index (χ2v) is 6.16. The van der Waals surface area contributed by atoms with Crippen LogP contribution in [0.15, 0.2) is 42.9 Å². The average molecular weight is 283 g/mol. The molecule has 1 heterocycles. The molecule has 1 atom stereocenters. The van der Waals surface area contributed by atoms with Crippen molar-refractivity contribution in [1.82, 2.24) is 15.3 Å². The monoisotopic (exact) mass is 283 g/mol. The van der Waals surface area contributed by atoms with E-state index in [-0.39, 0.29) is 17.4 Å². The second-order valence-electron chi connectivity index (χ2n) is 6.16. The van der Waals surface area contributed by atoms with Gasteiger partial charge < -0.3 is 5.32 Å². The Bertz CT molecular complexity index is 600. The summed E-state index contributed by atoms with van der Waals surface area (Å²) in [7, 11) is 0. The van der Waals surface area contributed by atoms with Crippen molar-refractivity contribution in [1.29, 1.82) is 0 Å². The van der Waals surface area contributed by atoms with E-state index in [1.165, 1.54) is 18.0 Å². The van der Waals surface area contributed by atoms with E-state index >= 15 is 0 Å². The lowest BCUT2D eigenvalue weighted by molar-refractivity contribution is 0.0934. The Labute approximate surface area is 125 Å². The summed E-state index contributed by atoms with van der Waals surface area (Å²) in [6.07, 6.45) is 4.52. The number of hydrogen-bond acceptors (Lipinski definition) is 3. The van der Waals surface area contributed by atoms with Crippen LogP contribution in [0.3, 0.4) is 0 Å². The van der Waals surface area contributed by atoms with Gasteiger partial charge in [-0.05, 0) is 23.5 Å². The fourth-order valence-electron chi connectivity index (χ4n) is 2.04. The van der Waals surface area contributed by atoms with E-state index in [1.54, 1.807) is 6.20 Å². The summed E-state index contributed by atoms with van der Waals surface area (Å²) in [5.74, 6) is -0.213. The number of carbonyl (C=O) groups is 1. The fraction of sp³-hybridized carbons (Fsp3) is 0.353. The molecule has 0 aliphatic carbocycles. The summed E-state index contributed by atoms with van der Waals surface area (Å²) < 4.78 is 0.